The lowest BCUT2D eigenvalue weighted by atomic mass is 9.92. The quantitative estimate of drug-likeness (QED) is 0.635. The van der Waals surface area contributed by atoms with Gasteiger partial charge >= 0.3 is 0 Å². The van der Waals surface area contributed by atoms with Crippen LogP contribution in [0, 0.1) is 11.6 Å². The zero-order valence-electron chi connectivity index (χ0n) is 9.93. The number of allylic oxidation sites excluding steroid dienone is 1. The fourth-order valence-electron chi connectivity index (χ4n) is 2.29. The average Bonchev–Trinajstić information content (AvgIpc) is 2.36. The van der Waals surface area contributed by atoms with E-state index in [1.807, 2.05) is 0 Å². The van der Waals surface area contributed by atoms with Gasteiger partial charge in [0.1, 0.15) is 11.6 Å². The molecule has 2 rings (SSSR count). The molecule has 0 aliphatic heterocycles. The molecule has 1 atom stereocenters. The van der Waals surface area contributed by atoms with E-state index in [0.717, 1.165) is 31.3 Å². The summed E-state index contributed by atoms with van der Waals surface area (Å²) in [6, 6.07) is 2.47. The summed E-state index contributed by atoms with van der Waals surface area (Å²) in [4.78, 5) is 0. The maximum absolute atomic E-state index is 13.8. The number of hydrogen-bond acceptors (Lipinski definition) is 1. The van der Waals surface area contributed by atoms with Crippen molar-refractivity contribution in [1.82, 2.24) is 0 Å². The largest absolute Gasteiger partial charge is 0.388 e. The molecule has 1 unspecified atom stereocenters. The number of benzene rings is 1. The van der Waals surface area contributed by atoms with Gasteiger partial charge in [-0.15, -0.1) is 0 Å². The molecule has 0 saturated carbocycles. The Balaban J connectivity index is 2.20. The van der Waals surface area contributed by atoms with Crippen LogP contribution >= 0.6 is 15.9 Å². The lowest BCUT2D eigenvalue weighted by Crippen LogP contribution is -2.07. The maximum atomic E-state index is 13.8. The van der Waals surface area contributed by atoms with Crippen molar-refractivity contribution in [2.45, 2.75) is 38.2 Å². The number of aliphatic hydroxyl groups excluding tert-OH is 1. The van der Waals surface area contributed by atoms with Crippen LogP contribution in [0.1, 0.15) is 43.8 Å². The standard InChI is InChI=1S/C14H15BrF2O/c15-10-6-7-11(16)13(14(10)17)12(18)8-9-4-2-1-3-5-9/h4,6-7,12,18H,1-3,5,8H2. The molecule has 98 valence electrons. The summed E-state index contributed by atoms with van der Waals surface area (Å²) >= 11 is 3.01. The van der Waals surface area contributed by atoms with E-state index in [1.54, 1.807) is 0 Å². The first-order valence-corrected chi connectivity index (χ1v) is 6.88. The van der Waals surface area contributed by atoms with Crippen LogP contribution in [0.3, 0.4) is 0 Å². The molecule has 0 saturated heterocycles. The van der Waals surface area contributed by atoms with Gasteiger partial charge in [-0.25, -0.2) is 8.78 Å². The topological polar surface area (TPSA) is 20.2 Å². The van der Waals surface area contributed by atoms with Crippen molar-refractivity contribution in [2.75, 3.05) is 0 Å². The summed E-state index contributed by atoms with van der Waals surface area (Å²) in [5, 5.41) is 10.0. The monoisotopic (exact) mass is 316 g/mol. The third-order valence-electron chi connectivity index (χ3n) is 3.25. The van der Waals surface area contributed by atoms with Gasteiger partial charge in [0, 0.05) is 0 Å². The fourth-order valence-corrected chi connectivity index (χ4v) is 2.63. The lowest BCUT2D eigenvalue weighted by Gasteiger charge is -2.18. The number of rotatable bonds is 3. The molecule has 4 heteroatoms. The predicted molar refractivity (Wildman–Crippen MR) is 70.2 cm³/mol. The molecule has 1 aromatic rings. The van der Waals surface area contributed by atoms with E-state index in [0.29, 0.717) is 6.42 Å². The first kappa shape index (κ1) is 13.7. The van der Waals surface area contributed by atoms with Gasteiger partial charge in [-0.05, 0) is 60.2 Å². The highest BCUT2D eigenvalue weighted by Crippen LogP contribution is 2.32. The van der Waals surface area contributed by atoms with Crippen molar-refractivity contribution in [3.8, 4) is 0 Å². The smallest absolute Gasteiger partial charge is 0.146 e. The molecule has 1 aliphatic carbocycles. The Morgan fingerprint density at radius 1 is 1.28 bits per heavy atom. The fraction of sp³-hybridized carbons (Fsp3) is 0.429. The van der Waals surface area contributed by atoms with Crippen LogP contribution in [0.4, 0.5) is 8.78 Å². The van der Waals surface area contributed by atoms with Crippen LogP contribution in [0.25, 0.3) is 0 Å². The molecule has 1 aliphatic rings. The minimum absolute atomic E-state index is 0.176. The van der Waals surface area contributed by atoms with Gasteiger partial charge in [-0.3, -0.25) is 0 Å². The zero-order valence-corrected chi connectivity index (χ0v) is 11.5. The minimum Gasteiger partial charge on any atom is -0.388 e. The molecule has 1 aromatic carbocycles. The summed E-state index contributed by atoms with van der Waals surface area (Å²) in [6.45, 7) is 0. The van der Waals surface area contributed by atoms with E-state index in [4.69, 9.17) is 0 Å². The van der Waals surface area contributed by atoms with Gasteiger partial charge < -0.3 is 5.11 Å². The summed E-state index contributed by atoms with van der Waals surface area (Å²) < 4.78 is 27.6. The van der Waals surface area contributed by atoms with E-state index in [-0.39, 0.29) is 10.0 Å². The highest BCUT2D eigenvalue weighted by atomic mass is 79.9. The van der Waals surface area contributed by atoms with E-state index >= 15 is 0 Å². The molecule has 1 N–H and O–H groups in total. The van der Waals surface area contributed by atoms with Gasteiger partial charge in [0.25, 0.3) is 0 Å². The number of hydrogen-bond donors (Lipinski definition) is 1. The van der Waals surface area contributed by atoms with E-state index in [9.17, 15) is 13.9 Å². The van der Waals surface area contributed by atoms with Crippen molar-refractivity contribution in [3.05, 3.63) is 45.5 Å². The summed E-state index contributed by atoms with van der Waals surface area (Å²) in [6.07, 6.45) is 5.40. The second kappa shape index (κ2) is 5.93. The Morgan fingerprint density at radius 3 is 2.72 bits per heavy atom. The second-order valence-electron chi connectivity index (χ2n) is 4.58. The van der Waals surface area contributed by atoms with Gasteiger partial charge in [-0.2, -0.15) is 0 Å². The van der Waals surface area contributed by atoms with Crippen LogP contribution in [0.5, 0.6) is 0 Å². The normalized spacial score (nSPS) is 17.4. The molecule has 0 heterocycles. The zero-order chi connectivity index (χ0) is 13.1. The van der Waals surface area contributed by atoms with Gasteiger partial charge in [0.15, 0.2) is 0 Å². The molecule has 0 aromatic heterocycles. The molecule has 1 nitrogen and oxygen atoms in total. The van der Waals surface area contributed by atoms with Crippen LogP contribution in [-0.4, -0.2) is 5.11 Å². The Kier molecular flexibility index (Phi) is 4.51. The first-order valence-electron chi connectivity index (χ1n) is 6.09. The van der Waals surface area contributed by atoms with Gasteiger partial charge in [-0.1, -0.05) is 11.6 Å². The number of halogens is 3. The molecule has 0 bridgehead atoms. The Bertz CT molecular complexity index is 471. The molecule has 0 radical (unpaired) electrons. The highest BCUT2D eigenvalue weighted by Gasteiger charge is 2.21. The second-order valence-corrected chi connectivity index (χ2v) is 5.44. The summed E-state index contributed by atoms with van der Waals surface area (Å²) in [7, 11) is 0. The summed E-state index contributed by atoms with van der Waals surface area (Å²) in [5.41, 5.74) is 0.850. The Labute approximate surface area is 114 Å². The summed E-state index contributed by atoms with van der Waals surface area (Å²) in [5.74, 6) is -1.40. The van der Waals surface area contributed by atoms with Crippen LogP contribution < -0.4 is 0 Å². The first-order chi connectivity index (χ1) is 8.59. The van der Waals surface area contributed by atoms with Crippen molar-refractivity contribution in [2.24, 2.45) is 0 Å². The van der Waals surface area contributed by atoms with E-state index < -0.39 is 17.7 Å². The Morgan fingerprint density at radius 2 is 2.06 bits per heavy atom. The lowest BCUT2D eigenvalue weighted by molar-refractivity contribution is 0.166. The Hall–Kier alpha value is -0.740. The SMILES string of the molecule is OC(CC1=CCCCC1)c1c(F)ccc(Br)c1F. The van der Waals surface area contributed by atoms with E-state index in [1.165, 1.54) is 12.1 Å². The van der Waals surface area contributed by atoms with Crippen molar-refractivity contribution < 1.29 is 13.9 Å². The van der Waals surface area contributed by atoms with Crippen LogP contribution in [0.15, 0.2) is 28.3 Å². The average molecular weight is 317 g/mol. The molecule has 18 heavy (non-hydrogen) atoms. The molecular weight excluding hydrogens is 302 g/mol. The van der Waals surface area contributed by atoms with Crippen LogP contribution in [0.2, 0.25) is 0 Å². The molecule has 0 amide bonds. The maximum Gasteiger partial charge on any atom is 0.146 e. The van der Waals surface area contributed by atoms with Crippen molar-refractivity contribution in [3.63, 3.8) is 0 Å². The minimum atomic E-state index is -1.12. The van der Waals surface area contributed by atoms with Gasteiger partial charge in [0.05, 0.1) is 16.1 Å². The third-order valence-corrected chi connectivity index (χ3v) is 3.87. The van der Waals surface area contributed by atoms with Crippen molar-refractivity contribution >= 4 is 15.9 Å². The molecule has 0 fully saturated rings. The van der Waals surface area contributed by atoms with Gasteiger partial charge in [0.2, 0.25) is 0 Å². The third kappa shape index (κ3) is 2.98. The molecular formula is C14H15BrF2O. The van der Waals surface area contributed by atoms with E-state index in [2.05, 4.69) is 22.0 Å². The molecule has 0 spiro atoms. The highest BCUT2D eigenvalue weighted by molar-refractivity contribution is 9.10. The number of aliphatic hydroxyl groups is 1. The van der Waals surface area contributed by atoms with Crippen molar-refractivity contribution in [1.29, 1.82) is 0 Å². The predicted octanol–water partition coefficient (Wildman–Crippen LogP) is 4.65. The van der Waals surface area contributed by atoms with Crippen LogP contribution in [-0.2, 0) is 0 Å².